The van der Waals surface area contributed by atoms with E-state index in [1.54, 1.807) is 6.07 Å². The summed E-state index contributed by atoms with van der Waals surface area (Å²) in [5, 5.41) is 11.7. The molecule has 0 aliphatic rings. The Balaban J connectivity index is 2.34. The van der Waals surface area contributed by atoms with Crippen molar-refractivity contribution in [3.63, 3.8) is 0 Å². The van der Waals surface area contributed by atoms with Crippen molar-refractivity contribution in [3.05, 3.63) is 35.6 Å². The molecular formula is C15H22FNO2. The highest BCUT2D eigenvalue weighted by atomic mass is 19.1. The molecule has 0 heterocycles. The van der Waals surface area contributed by atoms with Gasteiger partial charge in [0.15, 0.2) is 0 Å². The molecule has 0 saturated heterocycles. The molecule has 0 saturated carbocycles. The second-order valence-electron chi connectivity index (χ2n) is 5.10. The molecule has 0 fully saturated rings. The summed E-state index contributed by atoms with van der Waals surface area (Å²) in [5.41, 5.74) is 0.906. The highest BCUT2D eigenvalue weighted by molar-refractivity contribution is 5.78. The molecule has 0 aliphatic heterocycles. The molecule has 2 atom stereocenters. The zero-order valence-electron chi connectivity index (χ0n) is 11.5. The van der Waals surface area contributed by atoms with Crippen LogP contribution >= 0.6 is 0 Å². The number of rotatable bonds is 7. The Labute approximate surface area is 113 Å². The quantitative estimate of drug-likeness (QED) is 0.795. The summed E-state index contributed by atoms with van der Waals surface area (Å²) in [4.78, 5) is 11.8. The molecule has 3 nitrogen and oxygen atoms in total. The Bertz CT molecular complexity index is 409. The minimum absolute atomic E-state index is 0.0169. The number of benzene rings is 1. The van der Waals surface area contributed by atoms with Crippen LogP contribution in [-0.4, -0.2) is 24.2 Å². The van der Waals surface area contributed by atoms with Gasteiger partial charge in [-0.05, 0) is 36.5 Å². The van der Waals surface area contributed by atoms with Crippen molar-refractivity contribution in [2.24, 2.45) is 11.8 Å². The van der Waals surface area contributed by atoms with Crippen LogP contribution in [0.3, 0.4) is 0 Å². The van der Waals surface area contributed by atoms with E-state index in [-0.39, 0.29) is 30.2 Å². The fraction of sp³-hybridized carbons (Fsp3) is 0.533. The molecule has 1 aromatic carbocycles. The highest BCUT2D eigenvalue weighted by Crippen LogP contribution is 2.11. The third-order valence-electron chi connectivity index (χ3n) is 3.14. The van der Waals surface area contributed by atoms with Gasteiger partial charge < -0.3 is 10.4 Å². The van der Waals surface area contributed by atoms with Gasteiger partial charge in [-0.3, -0.25) is 4.79 Å². The minimum Gasteiger partial charge on any atom is -0.396 e. The Morgan fingerprint density at radius 2 is 2.16 bits per heavy atom. The van der Waals surface area contributed by atoms with Gasteiger partial charge in [-0.15, -0.1) is 0 Å². The molecule has 19 heavy (non-hydrogen) atoms. The Hall–Kier alpha value is -1.42. The van der Waals surface area contributed by atoms with E-state index in [2.05, 4.69) is 5.32 Å². The molecule has 0 aromatic heterocycles. The van der Waals surface area contributed by atoms with Crippen LogP contribution in [0.4, 0.5) is 4.39 Å². The van der Waals surface area contributed by atoms with E-state index in [4.69, 9.17) is 5.11 Å². The van der Waals surface area contributed by atoms with Crippen LogP contribution in [-0.2, 0) is 11.2 Å². The lowest BCUT2D eigenvalue weighted by Gasteiger charge is -2.14. The molecule has 0 aliphatic carbocycles. The molecule has 0 spiro atoms. The summed E-state index contributed by atoms with van der Waals surface area (Å²) < 4.78 is 13.0. The van der Waals surface area contributed by atoms with E-state index in [1.807, 2.05) is 19.9 Å². The zero-order valence-corrected chi connectivity index (χ0v) is 11.5. The van der Waals surface area contributed by atoms with Gasteiger partial charge >= 0.3 is 0 Å². The number of aliphatic hydroxyl groups excluding tert-OH is 1. The van der Waals surface area contributed by atoms with Crippen molar-refractivity contribution in [2.75, 3.05) is 13.2 Å². The number of carbonyl (C=O) groups excluding carboxylic acids is 1. The van der Waals surface area contributed by atoms with E-state index in [0.29, 0.717) is 19.4 Å². The van der Waals surface area contributed by atoms with Crippen LogP contribution in [0.25, 0.3) is 0 Å². The minimum atomic E-state index is -0.244. The van der Waals surface area contributed by atoms with E-state index >= 15 is 0 Å². The molecule has 0 bridgehead atoms. The standard InChI is InChI=1S/C15H22FNO2/c1-11(10-18)9-17-15(19)12(2)6-7-13-4-3-5-14(16)8-13/h3-5,8,11-12,18H,6-7,9-10H2,1-2H3,(H,17,19). The van der Waals surface area contributed by atoms with Crippen molar-refractivity contribution in [1.82, 2.24) is 5.32 Å². The number of nitrogens with one attached hydrogen (secondary N) is 1. The maximum atomic E-state index is 13.0. The van der Waals surface area contributed by atoms with Gasteiger partial charge in [0.2, 0.25) is 5.91 Å². The summed E-state index contributed by atoms with van der Waals surface area (Å²) in [5.74, 6) is -0.309. The lowest BCUT2D eigenvalue weighted by molar-refractivity contribution is -0.124. The van der Waals surface area contributed by atoms with E-state index in [0.717, 1.165) is 5.56 Å². The van der Waals surface area contributed by atoms with Crippen LogP contribution in [0.1, 0.15) is 25.8 Å². The number of halogens is 1. The Kier molecular flexibility index (Phi) is 6.50. The van der Waals surface area contributed by atoms with Gasteiger partial charge in [0.25, 0.3) is 0 Å². The predicted octanol–water partition coefficient (Wildman–Crippen LogP) is 2.14. The maximum absolute atomic E-state index is 13.0. The summed E-state index contributed by atoms with van der Waals surface area (Å²) in [6.07, 6.45) is 1.37. The normalized spacial score (nSPS) is 13.9. The van der Waals surface area contributed by atoms with Gasteiger partial charge in [-0.2, -0.15) is 0 Å². The topological polar surface area (TPSA) is 49.3 Å². The number of aryl methyl sites for hydroxylation is 1. The van der Waals surface area contributed by atoms with Crippen molar-refractivity contribution in [3.8, 4) is 0 Å². The average Bonchev–Trinajstić information content (AvgIpc) is 2.41. The lowest BCUT2D eigenvalue weighted by atomic mass is 10.00. The third-order valence-corrected chi connectivity index (χ3v) is 3.14. The van der Waals surface area contributed by atoms with E-state index in [9.17, 15) is 9.18 Å². The van der Waals surface area contributed by atoms with Crippen LogP contribution in [0, 0.1) is 17.7 Å². The van der Waals surface area contributed by atoms with Crippen molar-refractivity contribution in [2.45, 2.75) is 26.7 Å². The lowest BCUT2D eigenvalue weighted by Crippen LogP contribution is -2.33. The van der Waals surface area contributed by atoms with Gasteiger partial charge in [0.1, 0.15) is 5.82 Å². The number of hydrogen-bond donors (Lipinski definition) is 2. The van der Waals surface area contributed by atoms with Crippen LogP contribution in [0.15, 0.2) is 24.3 Å². The van der Waals surface area contributed by atoms with Crippen LogP contribution < -0.4 is 5.32 Å². The van der Waals surface area contributed by atoms with E-state index < -0.39 is 0 Å². The molecular weight excluding hydrogens is 245 g/mol. The van der Waals surface area contributed by atoms with Gasteiger partial charge in [-0.25, -0.2) is 4.39 Å². The number of aliphatic hydroxyl groups is 1. The molecule has 1 aromatic rings. The molecule has 2 unspecified atom stereocenters. The summed E-state index contributed by atoms with van der Waals surface area (Å²) in [7, 11) is 0. The monoisotopic (exact) mass is 267 g/mol. The molecule has 1 rings (SSSR count). The average molecular weight is 267 g/mol. The van der Waals surface area contributed by atoms with Gasteiger partial charge in [-0.1, -0.05) is 26.0 Å². The van der Waals surface area contributed by atoms with Crippen molar-refractivity contribution in [1.29, 1.82) is 0 Å². The predicted molar refractivity (Wildman–Crippen MR) is 73.1 cm³/mol. The molecule has 2 N–H and O–H groups in total. The first-order valence-electron chi connectivity index (χ1n) is 6.66. The van der Waals surface area contributed by atoms with Crippen LogP contribution in [0.5, 0.6) is 0 Å². The number of hydrogen-bond acceptors (Lipinski definition) is 2. The fourth-order valence-corrected chi connectivity index (χ4v) is 1.72. The van der Waals surface area contributed by atoms with Gasteiger partial charge in [0.05, 0.1) is 0 Å². The SMILES string of the molecule is CC(CO)CNC(=O)C(C)CCc1cccc(F)c1. The Morgan fingerprint density at radius 3 is 2.79 bits per heavy atom. The van der Waals surface area contributed by atoms with Crippen molar-refractivity contribution >= 4 is 5.91 Å². The van der Waals surface area contributed by atoms with E-state index in [1.165, 1.54) is 12.1 Å². The first-order valence-corrected chi connectivity index (χ1v) is 6.66. The second-order valence-corrected chi connectivity index (χ2v) is 5.10. The fourth-order valence-electron chi connectivity index (χ4n) is 1.72. The largest absolute Gasteiger partial charge is 0.396 e. The molecule has 0 radical (unpaired) electrons. The molecule has 106 valence electrons. The first kappa shape index (κ1) is 15.6. The zero-order chi connectivity index (χ0) is 14.3. The highest BCUT2D eigenvalue weighted by Gasteiger charge is 2.13. The summed E-state index contributed by atoms with van der Waals surface area (Å²) in [6, 6.07) is 6.45. The second kappa shape index (κ2) is 7.89. The summed E-state index contributed by atoms with van der Waals surface area (Å²) >= 11 is 0. The third kappa shape index (κ3) is 5.83. The van der Waals surface area contributed by atoms with Crippen LogP contribution in [0.2, 0.25) is 0 Å². The maximum Gasteiger partial charge on any atom is 0.222 e. The smallest absolute Gasteiger partial charge is 0.222 e. The summed E-state index contributed by atoms with van der Waals surface area (Å²) in [6.45, 7) is 4.29. The van der Waals surface area contributed by atoms with Gasteiger partial charge in [0, 0.05) is 19.1 Å². The van der Waals surface area contributed by atoms with Crippen molar-refractivity contribution < 1.29 is 14.3 Å². The first-order chi connectivity index (χ1) is 9.02. The Morgan fingerprint density at radius 1 is 1.42 bits per heavy atom. The number of carbonyl (C=O) groups is 1. The number of amides is 1. The molecule has 1 amide bonds. The molecule has 4 heteroatoms.